The first-order valence-corrected chi connectivity index (χ1v) is 7.27. The highest BCUT2D eigenvalue weighted by Gasteiger charge is 2.40. The summed E-state index contributed by atoms with van der Waals surface area (Å²) in [7, 11) is 0. The number of H-pyrrole nitrogens is 1. The summed E-state index contributed by atoms with van der Waals surface area (Å²) in [5.41, 5.74) is 2.17. The van der Waals surface area contributed by atoms with Gasteiger partial charge in [-0.1, -0.05) is 68.5 Å². The fourth-order valence-electron chi connectivity index (χ4n) is 2.93. The molecular formula is C17H24N4. The second-order valence-corrected chi connectivity index (χ2v) is 7.00. The Balaban J connectivity index is 2.48. The lowest BCUT2D eigenvalue weighted by atomic mass is 9.66. The van der Waals surface area contributed by atoms with E-state index in [0.717, 1.165) is 24.2 Å². The van der Waals surface area contributed by atoms with Crippen molar-refractivity contribution in [3.63, 3.8) is 0 Å². The van der Waals surface area contributed by atoms with Crippen LogP contribution in [-0.2, 0) is 11.8 Å². The lowest BCUT2D eigenvalue weighted by Crippen LogP contribution is -2.36. The van der Waals surface area contributed by atoms with Crippen LogP contribution in [-0.4, -0.2) is 20.6 Å². The molecule has 2 aromatic rings. The van der Waals surface area contributed by atoms with Crippen LogP contribution >= 0.6 is 0 Å². The van der Waals surface area contributed by atoms with Gasteiger partial charge in [-0.25, -0.2) is 0 Å². The molecule has 0 aliphatic carbocycles. The Kier molecular flexibility index (Phi) is 4.26. The second kappa shape index (κ2) is 5.80. The average molecular weight is 284 g/mol. The Bertz CT molecular complexity index is 581. The molecule has 1 N–H and O–H groups in total. The zero-order valence-electron chi connectivity index (χ0n) is 13.3. The smallest absolute Gasteiger partial charge is 0.177 e. The molecule has 0 amide bonds. The number of nitrogens with one attached hydrogen (secondary N) is 1. The maximum atomic E-state index is 4.28. The maximum absolute atomic E-state index is 4.28. The molecule has 0 saturated heterocycles. The molecule has 1 aromatic carbocycles. The van der Waals surface area contributed by atoms with Gasteiger partial charge in [-0.3, -0.25) is 0 Å². The molecule has 1 heterocycles. The molecule has 4 heteroatoms. The zero-order chi connectivity index (χ0) is 15.5. The largest absolute Gasteiger partial charge is 0.185 e. The fourth-order valence-corrected chi connectivity index (χ4v) is 2.93. The van der Waals surface area contributed by atoms with Crippen LogP contribution in [0, 0.1) is 5.41 Å². The molecule has 2 rings (SSSR count). The van der Waals surface area contributed by atoms with Gasteiger partial charge in [-0.05, 0) is 30.7 Å². The third kappa shape index (κ3) is 3.57. The van der Waals surface area contributed by atoms with E-state index in [1.165, 1.54) is 5.56 Å². The van der Waals surface area contributed by atoms with Gasteiger partial charge in [0.25, 0.3) is 0 Å². The molecular weight excluding hydrogens is 260 g/mol. The number of rotatable bonds is 5. The molecule has 0 radical (unpaired) electrons. The van der Waals surface area contributed by atoms with E-state index in [1.54, 1.807) is 0 Å². The summed E-state index contributed by atoms with van der Waals surface area (Å²) in [5.74, 6) is 0.730. The predicted octanol–water partition coefficient (Wildman–Crippen LogP) is 3.69. The Labute approximate surface area is 126 Å². The first-order chi connectivity index (χ1) is 9.83. The van der Waals surface area contributed by atoms with Gasteiger partial charge >= 0.3 is 0 Å². The van der Waals surface area contributed by atoms with Crippen LogP contribution in [0.1, 0.15) is 45.5 Å². The molecule has 0 aliphatic rings. The van der Waals surface area contributed by atoms with Crippen molar-refractivity contribution in [3.05, 3.63) is 53.9 Å². The monoisotopic (exact) mass is 284 g/mol. The second-order valence-electron chi connectivity index (χ2n) is 7.00. The molecule has 1 atom stereocenters. The van der Waals surface area contributed by atoms with Gasteiger partial charge in [0.15, 0.2) is 5.82 Å². The summed E-state index contributed by atoms with van der Waals surface area (Å²) in [5, 5.41) is 14.9. The van der Waals surface area contributed by atoms with Gasteiger partial charge in [0.05, 0.1) is 5.41 Å². The summed E-state index contributed by atoms with van der Waals surface area (Å²) in [6.07, 6.45) is 1.75. The van der Waals surface area contributed by atoms with Gasteiger partial charge in [0.2, 0.25) is 0 Å². The Morgan fingerprint density at radius 2 is 1.86 bits per heavy atom. The van der Waals surface area contributed by atoms with E-state index in [0.29, 0.717) is 0 Å². The standard InChI is InChI=1S/C17H24N4/c1-13(2)17(12-16(3,4)5,15-18-20-21-19-15)11-14-9-7-6-8-10-14/h6-10H,1,11-12H2,2-5H3,(H,18,19,20,21). The number of allylic oxidation sites excluding steroid dienone is 1. The number of aromatic amines is 1. The minimum absolute atomic E-state index is 0.133. The van der Waals surface area contributed by atoms with Crippen LogP contribution in [0.5, 0.6) is 0 Å². The predicted molar refractivity (Wildman–Crippen MR) is 84.9 cm³/mol. The van der Waals surface area contributed by atoms with Crippen molar-refractivity contribution in [3.8, 4) is 0 Å². The van der Waals surface area contributed by atoms with Crippen molar-refractivity contribution in [1.82, 2.24) is 20.6 Å². The van der Waals surface area contributed by atoms with Crippen LogP contribution < -0.4 is 0 Å². The third-order valence-electron chi connectivity index (χ3n) is 3.77. The molecule has 0 spiro atoms. The van der Waals surface area contributed by atoms with E-state index in [9.17, 15) is 0 Å². The van der Waals surface area contributed by atoms with E-state index in [4.69, 9.17) is 0 Å². The number of benzene rings is 1. The van der Waals surface area contributed by atoms with E-state index >= 15 is 0 Å². The number of hydrogen-bond acceptors (Lipinski definition) is 3. The number of hydrogen-bond donors (Lipinski definition) is 1. The maximum Gasteiger partial charge on any atom is 0.185 e. The van der Waals surface area contributed by atoms with Crippen LogP contribution in [0.4, 0.5) is 0 Å². The van der Waals surface area contributed by atoms with Crippen LogP contribution in [0.2, 0.25) is 0 Å². The van der Waals surface area contributed by atoms with Gasteiger partial charge in [0, 0.05) is 0 Å². The van der Waals surface area contributed by atoms with E-state index in [2.05, 4.69) is 79.2 Å². The molecule has 21 heavy (non-hydrogen) atoms. The van der Waals surface area contributed by atoms with Crippen molar-refractivity contribution in [2.45, 2.75) is 46.0 Å². The van der Waals surface area contributed by atoms with E-state index in [-0.39, 0.29) is 10.8 Å². The van der Waals surface area contributed by atoms with Gasteiger partial charge in [0.1, 0.15) is 0 Å². The number of tetrazole rings is 1. The molecule has 1 aromatic heterocycles. The molecule has 0 aliphatic heterocycles. The van der Waals surface area contributed by atoms with Crippen molar-refractivity contribution >= 4 is 0 Å². The molecule has 0 bridgehead atoms. The molecule has 1 unspecified atom stereocenters. The van der Waals surface area contributed by atoms with Gasteiger partial charge in [-0.2, -0.15) is 5.21 Å². The fraction of sp³-hybridized carbons (Fsp3) is 0.471. The van der Waals surface area contributed by atoms with Crippen molar-refractivity contribution in [1.29, 1.82) is 0 Å². The Hall–Kier alpha value is -1.97. The minimum atomic E-state index is -0.299. The van der Waals surface area contributed by atoms with Crippen molar-refractivity contribution < 1.29 is 0 Å². The first-order valence-electron chi connectivity index (χ1n) is 7.27. The summed E-state index contributed by atoms with van der Waals surface area (Å²) in [6, 6.07) is 10.4. The topological polar surface area (TPSA) is 54.5 Å². The number of aromatic nitrogens is 4. The van der Waals surface area contributed by atoms with Crippen LogP contribution in [0.3, 0.4) is 0 Å². The highest BCUT2D eigenvalue weighted by atomic mass is 15.5. The van der Waals surface area contributed by atoms with Gasteiger partial charge < -0.3 is 0 Å². The first kappa shape index (κ1) is 15.4. The van der Waals surface area contributed by atoms with Crippen LogP contribution in [0.15, 0.2) is 42.5 Å². The minimum Gasteiger partial charge on any atom is -0.177 e. The normalized spacial score (nSPS) is 14.7. The highest BCUT2D eigenvalue weighted by Crippen LogP contribution is 2.42. The highest BCUT2D eigenvalue weighted by molar-refractivity contribution is 5.30. The molecule has 0 saturated carbocycles. The SMILES string of the molecule is C=C(C)C(Cc1ccccc1)(CC(C)(C)C)c1nn[nH]n1. The summed E-state index contributed by atoms with van der Waals surface area (Å²) < 4.78 is 0. The quantitative estimate of drug-likeness (QED) is 0.852. The Morgan fingerprint density at radius 1 is 1.19 bits per heavy atom. The van der Waals surface area contributed by atoms with Crippen molar-refractivity contribution in [2.75, 3.05) is 0 Å². The zero-order valence-corrected chi connectivity index (χ0v) is 13.3. The average Bonchev–Trinajstić information content (AvgIpc) is 2.91. The molecule has 4 nitrogen and oxygen atoms in total. The van der Waals surface area contributed by atoms with E-state index < -0.39 is 0 Å². The van der Waals surface area contributed by atoms with Gasteiger partial charge in [-0.15, -0.1) is 10.2 Å². The lowest BCUT2D eigenvalue weighted by molar-refractivity contribution is 0.270. The van der Waals surface area contributed by atoms with E-state index in [1.807, 2.05) is 6.07 Å². The summed E-state index contributed by atoms with van der Waals surface area (Å²) in [4.78, 5) is 0. The van der Waals surface area contributed by atoms with Crippen molar-refractivity contribution in [2.24, 2.45) is 5.41 Å². The van der Waals surface area contributed by atoms with Crippen LogP contribution in [0.25, 0.3) is 0 Å². The molecule has 112 valence electrons. The lowest BCUT2D eigenvalue weighted by Gasteiger charge is -2.37. The molecule has 0 fully saturated rings. The Morgan fingerprint density at radius 3 is 2.33 bits per heavy atom. The third-order valence-corrected chi connectivity index (χ3v) is 3.77. The number of nitrogens with zero attached hydrogens (tertiary/aromatic N) is 3. The summed E-state index contributed by atoms with van der Waals surface area (Å²) >= 11 is 0. The summed E-state index contributed by atoms with van der Waals surface area (Å²) in [6.45, 7) is 13.0.